The number of nitrogens with zero attached hydrogens (tertiary/aromatic N) is 3. The fourth-order valence-electron chi connectivity index (χ4n) is 3.98. The van der Waals surface area contributed by atoms with Gasteiger partial charge >= 0.3 is 5.69 Å². The van der Waals surface area contributed by atoms with Gasteiger partial charge in [0, 0.05) is 18.1 Å². The number of carbonyl (C=O) groups excluding carboxylic acids is 1. The van der Waals surface area contributed by atoms with Gasteiger partial charge in [-0.3, -0.25) is 14.2 Å². The standard InChI is InChI=1S/C21H22ClN3O3S/c1-23(15-5-3-2-4-6-15)18(26)13-24-17-11-12-29-19(17)20(27)25(21(24)28)16-9-7-14(22)8-10-16/h7-12,15H,2-6,13H2,1H3. The van der Waals surface area contributed by atoms with E-state index in [-0.39, 0.29) is 24.1 Å². The minimum absolute atomic E-state index is 0.0903. The number of halogens is 1. The number of thiophene rings is 1. The van der Waals surface area contributed by atoms with Crippen LogP contribution in [0.2, 0.25) is 5.02 Å². The molecule has 0 bridgehead atoms. The van der Waals surface area contributed by atoms with Gasteiger partial charge < -0.3 is 4.90 Å². The summed E-state index contributed by atoms with van der Waals surface area (Å²) in [5, 5.41) is 2.28. The normalized spacial score (nSPS) is 15.0. The van der Waals surface area contributed by atoms with Crippen molar-refractivity contribution in [3.05, 3.63) is 61.6 Å². The number of rotatable bonds is 4. The molecule has 0 spiro atoms. The van der Waals surface area contributed by atoms with Crippen LogP contribution in [-0.4, -0.2) is 33.0 Å². The third kappa shape index (κ3) is 3.76. The van der Waals surface area contributed by atoms with Crippen LogP contribution < -0.4 is 11.2 Å². The number of likely N-dealkylation sites (N-methyl/N-ethyl adjacent to an activating group) is 1. The van der Waals surface area contributed by atoms with Crippen molar-refractivity contribution >= 4 is 39.1 Å². The average Bonchev–Trinajstić information content (AvgIpc) is 3.22. The molecule has 152 valence electrons. The van der Waals surface area contributed by atoms with Crippen molar-refractivity contribution in [3.8, 4) is 5.69 Å². The first kappa shape index (κ1) is 19.9. The Morgan fingerprint density at radius 2 is 1.83 bits per heavy atom. The molecule has 0 unspecified atom stereocenters. The summed E-state index contributed by atoms with van der Waals surface area (Å²) in [7, 11) is 1.81. The summed E-state index contributed by atoms with van der Waals surface area (Å²) in [4.78, 5) is 40.9. The topological polar surface area (TPSA) is 64.3 Å². The molecule has 1 aromatic carbocycles. The molecular weight excluding hydrogens is 410 g/mol. The molecular formula is C21H22ClN3O3S. The molecule has 1 amide bonds. The van der Waals surface area contributed by atoms with E-state index in [0.717, 1.165) is 30.3 Å². The Morgan fingerprint density at radius 1 is 1.14 bits per heavy atom. The molecule has 3 aromatic rings. The van der Waals surface area contributed by atoms with Crippen LogP contribution in [0, 0.1) is 0 Å². The van der Waals surface area contributed by atoms with Gasteiger partial charge in [-0.1, -0.05) is 30.9 Å². The zero-order chi connectivity index (χ0) is 20.5. The Balaban J connectivity index is 1.77. The molecule has 0 saturated heterocycles. The minimum Gasteiger partial charge on any atom is -0.341 e. The predicted molar refractivity (Wildman–Crippen MR) is 116 cm³/mol. The lowest BCUT2D eigenvalue weighted by Crippen LogP contribution is -2.44. The Kier molecular flexibility index (Phi) is 5.61. The van der Waals surface area contributed by atoms with Gasteiger partial charge in [0.25, 0.3) is 5.56 Å². The van der Waals surface area contributed by atoms with E-state index >= 15 is 0 Å². The molecule has 1 aliphatic carbocycles. The van der Waals surface area contributed by atoms with Crippen molar-refractivity contribution in [2.24, 2.45) is 0 Å². The van der Waals surface area contributed by atoms with Crippen LogP contribution in [-0.2, 0) is 11.3 Å². The van der Waals surface area contributed by atoms with Crippen molar-refractivity contribution in [1.29, 1.82) is 0 Å². The highest BCUT2D eigenvalue weighted by Gasteiger charge is 2.24. The van der Waals surface area contributed by atoms with E-state index in [1.54, 1.807) is 40.6 Å². The van der Waals surface area contributed by atoms with E-state index in [2.05, 4.69) is 0 Å². The van der Waals surface area contributed by atoms with Crippen LogP contribution in [0.3, 0.4) is 0 Å². The average molecular weight is 432 g/mol. The third-order valence-corrected chi connectivity index (χ3v) is 6.79. The first-order valence-electron chi connectivity index (χ1n) is 9.72. The summed E-state index contributed by atoms with van der Waals surface area (Å²) in [6, 6.07) is 8.47. The maximum atomic E-state index is 13.2. The van der Waals surface area contributed by atoms with Gasteiger partial charge in [-0.15, -0.1) is 11.3 Å². The highest BCUT2D eigenvalue weighted by molar-refractivity contribution is 7.17. The molecule has 6 nitrogen and oxygen atoms in total. The molecule has 1 fully saturated rings. The van der Waals surface area contributed by atoms with E-state index in [9.17, 15) is 14.4 Å². The first-order valence-corrected chi connectivity index (χ1v) is 11.0. The van der Waals surface area contributed by atoms with Crippen molar-refractivity contribution in [3.63, 3.8) is 0 Å². The highest BCUT2D eigenvalue weighted by atomic mass is 35.5. The number of hydrogen-bond acceptors (Lipinski definition) is 4. The fraction of sp³-hybridized carbons (Fsp3) is 0.381. The number of hydrogen-bond donors (Lipinski definition) is 0. The monoisotopic (exact) mass is 431 g/mol. The number of carbonyl (C=O) groups is 1. The van der Waals surface area contributed by atoms with Crippen molar-refractivity contribution in [2.75, 3.05) is 7.05 Å². The Bertz CT molecular complexity index is 1160. The summed E-state index contributed by atoms with van der Waals surface area (Å²) < 4.78 is 2.97. The molecule has 0 radical (unpaired) electrons. The van der Waals surface area contributed by atoms with Crippen LogP contribution in [0.1, 0.15) is 32.1 Å². The van der Waals surface area contributed by atoms with Gasteiger partial charge in [-0.05, 0) is 48.6 Å². The smallest absolute Gasteiger partial charge is 0.336 e. The highest BCUT2D eigenvalue weighted by Crippen LogP contribution is 2.22. The van der Waals surface area contributed by atoms with Crippen LogP contribution in [0.5, 0.6) is 0 Å². The molecule has 0 N–H and O–H groups in total. The van der Waals surface area contributed by atoms with Crippen LogP contribution in [0.15, 0.2) is 45.3 Å². The third-order valence-electron chi connectivity index (χ3n) is 5.65. The van der Waals surface area contributed by atoms with Crippen molar-refractivity contribution in [1.82, 2.24) is 14.0 Å². The van der Waals surface area contributed by atoms with Crippen LogP contribution in [0.25, 0.3) is 15.9 Å². The van der Waals surface area contributed by atoms with Crippen molar-refractivity contribution < 1.29 is 4.79 Å². The van der Waals surface area contributed by atoms with E-state index in [1.165, 1.54) is 22.3 Å². The molecule has 1 saturated carbocycles. The minimum atomic E-state index is -0.520. The van der Waals surface area contributed by atoms with Crippen LogP contribution >= 0.6 is 22.9 Å². The Labute approximate surface area is 176 Å². The number of amides is 1. The molecule has 0 atom stereocenters. The largest absolute Gasteiger partial charge is 0.341 e. The maximum Gasteiger partial charge on any atom is 0.336 e. The second kappa shape index (κ2) is 8.16. The fourth-order valence-corrected chi connectivity index (χ4v) is 4.93. The summed E-state index contributed by atoms with van der Waals surface area (Å²) in [6.45, 7) is -0.0903. The molecule has 2 heterocycles. The molecule has 29 heavy (non-hydrogen) atoms. The molecule has 2 aromatic heterocycles. The van der Waals surface area contributed by atoms with Gasteiger partial charge in [0.15, 0.2) is 0 Å². The lowest BCUT2D eigenvalue weighted by atomic mass is 9.94. The first-order chi connectivity index (χ1) is 14.0. The Hall–Kier alpha value is -2.38. The van der Waals surface area contributed by atoms with Crippen molar-refractivity contribution in [2.45, 2.75) is 44.7 Å². The van der Waals surface area contributed by atoms with Gasteiger partial charge in [-0.2, -0.15) is 0 Å². The lowest BCUT2D eigenvalue weighted by Gasteiger charge is -2.31. The summed E-state index contributed by atoms with van der Waals surface area (Å²) in [5.74, 6) is -0.118. The Morgan fingerprint density at radius 3 is 2.52 bits per heavy atom. The van der Waals surface area contributed by atoms with Gasteiger partial charge in [-0.25, -0.2) is 9.36 Å². The zero-order valence-electron chi connectivity index (χ0n) is 16.1. The molecule has 8 heteroatoms. The summed E-state index contributed by atoms with van der Waals surface area (Å²) in [6.07, 6.45) is 5.45. The van der Waals surface area contributed by atoms with E-state index in [1.807, 2.05) is 7.05 Å². The summed E-state index contributed by atoms with van der Waals surface area (Å²) >= 11 is 7.21. The predicted octanol–water partition coefficient (Wildman–Crippen LogP) is 3.66. The van der Waals surface area contributed by atoms with E-state index in [0.29, 0.717) is 20.9 Å². The van der Waals surface area contributed by atoms with E-state index < -0.39 is 5.69 Å². The number of aromatic nitrogens is 2. The second-order valence-electron chi connectivity index (χ2n) is 7.42. The number of fused-ring (bicyclic) bond motifs is 1. The molecule has 4 rings (SSSR count). The SMILES string of the molecule is CN(C(=O)Cn1c(=O)n(-c2ccc(Cl)cc2)c(=O)c2sccc21)C1CCCCC1. The second-order valence-corrected chi connectivity index (χ2v) is 8.77. The number of benzene rings is 1. The lowest BCUT2D eigenvalue weighted by molar-refractivity contribution is -0.133. The zero-order valence-corrected chi connectivity index (χ0v) is 17.7. The maximum absolute atomic E-state index is 13.2. The molecule has 0 aliphatic heterocycles. The van der Waals surface area contributed by atoms with Gasteiger partial charge in [0.2, 0.25) is 5.91 Å². The van der Waals surface area contributed by atoms with Crippen LogP contribution in [0.4, 0.5) is 0 Å². The van der Waals surface area contributed by atoms with Gasteiger partial charge in [0.05, 0.1) is 11.2 Å². The van der Waals surface area contributed by atoms with Gasteiger partial charge in [0.1, 0.15) is 11.2 Å². The summed E-state index contributed by atoms with van der Waals surface area (Å²) in [5.41, 5.74) is 0.0300. The quantitative estimate of drug-likeness (QED) is 0.633. The van der Waals surface area contributed by atoms with E-state index in [4.69, 9.17) is 11.6 Å². The molecule has 1 aliphatic rings.